The second-order valence-electron chi connectivity index (χ2n) is 5.41. The molecule has 1 fully saturated rings. The number of hydrogen-bond acceptors (Lipinski definition) is 4. The molecular formula is C14H18N4O2S. The summed E-state index contributed by atoms with van der Waals surface area (Å²) in [7, 11) is -3.52. The van der Waals surface area contributed by atoms with Gasteiger partial charge in [-0.2, -0.15) is 9.40 Å². The standard InChI is InChI=1S/C14H18N4O2S/c1-10-5-6-13(11(2)8-10)21(19,20)18-7-3-4-12(18)14-15-9-16-17-14/h5-6,8-9,12H,3-4,7H2,1-2H3,(H,15,16,17)/t12-/m0/s1. The summed E-state index contributed by atoms with van der Waals surface area (Å²) >= 11 is 0. The van der Waals surface area contributed by atoms with E-state index < -0.39 is 10.0 Å². The van der Waals surface area contributed by atoms with Crippen molar-refractivity contribution in [2.24, 2.45) is 0 Å². The van der Waals surface area contributed by atoms with Crippen LogP contribution in [0.15, 0.2) is 29.4 Å². The van der Waals surface area contributed by atoms with Crippen LogP contribution in [0.4, 0.5) is 0 Å². The van der Waals surface area contributed by atoms with Crippen molar-refractivity contribution in [2.75, 3.05) is 6.54 Å². The summed E-state index contributed by atoms with van der Waals surface area (Å²) < 4.78 is 27.4. The lowest BCUT2D eigenvalue weighted by molar-refractivity contribution is 0.384. The minimum absolute atomic E-state index is 0.252. The van der Waals surface area contributed by atoms with Gasteiger partial charge < -0.3 is 0 Å². The topological polar surface area (TPSA) is 79.0 Å². The molecule has 3 rings (SSSR count). The molecule has 1 aliphatic rings. The predicted octanol–water partition coefficient (Wildman–Crippen LogP) is 1.95. The Kier molecular flexibility index (Phi) is 3.54. The number of nitrogens with one attached hydrogen (secondary N) is 1. The Morgan fingerprint density at radius 3 is 2.81 bits per heavy atom. The zero-order valence-electron chi connectivity index (χ0n) is 12.1. The molecular weight excluding hydrogens is 288 g/mol. The molecule has 1 atom stereocenters. The van der Waals surface area contributed by atoms with Gasteiger partial charge in [0.15, 0.2) is 0 Å². The maximum atomic E-state index is 12.9. The van der Waals surface area contributed by atoms with Gasteiger partial charge in [0.25, 0.3) is 0 Å². The molecule has 1 aromatic heterocycles. The van der Waals surface area contributed by atoms with Gasteiger partial charge in [0.1, 0.15) is 12.2 Å². The lowest BCUT2D eigenvalue weighted by atomic mass is 10.2. The van der Waals surface area contributed by atoms with Crippen molar-refractivity contribution in [2.45, 2.75) is 37.6 Å². The van der Waals surface area contributed by atoms with Crippen molar-refractivity contribution < 1.29 is 8.42 Å². The van der Waals surface area contributed by atoms with Crippen LogP contribution in [0.25, 0.3) is 0 Å². The second-order valence-corrected chi connectivity index (χ2v) is 7.27. The van der Waals surface area contributed by atoms with E-state index in [-0.39, 0.29) is 6.04 Å². The van der Waals surface area contributed by atoms with Crippen LogP contribution >= 0.6 is 0 Å². The fourth-order valence-corrected chi connectivity index (χ4v) is 4.76. The van der Waals surface area contributed by atoms with Crippen molar-refractivity contribution >= 4 is 10.0 Å². The molecule has 1 aliphatic heterocycles. The lowest BCUT2D eigenvalue weighted by Gasteiger charge is -2.23. The van der Waals surface area contributed by atoms with Crippen LogP contribution in [0.3, 0.4) is 0 Å². The number of H-pyrrole nitrogens is 1. The van der Waals surface area contributed by atoms with Gasteiger partial charge in [0.05, 0.1) is 10.9 Å². The van der Waals surface area contributed by atoms with Crippen LogP contribution in [-0.2, 0) is 10.0 Å². The summed E-state index contributed by atoms with van der Waals surface area (Å²) in [5.74, 6) is 0.612. The summed E-state index contributed by atoms with van der Waals surface area (Å²) in [6, 6.07) is 5.17. The van der Waals surface area contributed by atoms with E-state index in [9.17, 15) is 8.42 Å². The van der Waals surface area contributed by atoms with Crippen LogP contribution in [0.1, 0.15) is 35.8 Å². The molecule has 1 aromatic carbocycles. The Morgan fingerprint density at radius 2 is 2.14 bits per heavy atom. The van der Waals surface area contributed by atoms with Crippen molar-refractivity contribution in [3.8, 4) is 0 Å². The van der Waals surface area contributed by atoms with Gasteiger partial charge in [-0.3, -0.25) is 5.10 Å². The Bertz CT molecular complexity index is 740. The maximum absolute atomic E-state index is 12.9. The van der Waals surface area contributed by atoms with E-state index in [0.717, 1.165) is 24.0 Å². The number of nitrogens with zero attached hydrogens (tertiary/aromatic N) is 3. The van der Waals surface area contributed by atoms with E-state index in [1.807, 2.05) is 26.0 Å². The largest absolute Gasteiger partial charge is 0.262 e. The van der Waals surface area contributed by atoms with Gasteiger partial charge in [0, 0.05) is 6.54 Å². The SMILES string of the molecule is Cc1ccc(S(=O)(=O)N2CCC[C@H]2c2ncn[nH]2)c(C)c1. The third-order valence-electron chi connectivity index (χ3n) is 3.87. The summed E-state index contributed by atoms with van der Waals surface area (Å²) in [5, 5.41) is 6.62. The Balaban J connectivity index is 2.01. The van der Waals surface area contributed by atoms with Crippen LogP contribution in [-0.4, -0.2) is 34.4 Å². The molecule has 1 saturated heterocycles. The minimum Gasteiger partial charge on any atom is -0.262 e. The van der Waals surface area contributed by atoms with Gasteiger partial charge in [-0.15, -0.1) is 0 Å². The molecule has 0 saturated carbocycles. The highest BCUT2D eigenvalue weighted by Gasteiger charge is 2.38. The van der Waals surface area contributed by atoms with Crippen LogP contribution in [0.5, 0.6) is 0 Å². The molecule has 6 nitrogen and oxygen atoms in total. The molecule has 0 bridgehead atoms. The van der Waals surface area contributed by atoms with Crippen LogP contribution in [0, 0.1) is 13.8 Å². The third kappa shape index (κ3) is 2.47. The van der Waals surface area contributed by atoms with E-state index in [1.54, 1.807) is 6.07 Å². The highest BCUT2D eigenvalue weighted by Crippen LogP contribution is 2.35. The Morgan fingerprint density at radius 1 is 1.33 bits per heavy atom. The summed E-state index contributed by atoms with van der Waals surface area (Å²) in [6.45, 7) is 4.30. The number of benzene rings is 1. The van der Waals surface area contributed by atoms with Gasteiger partial charge in [-0.25, -0.2) is 13.4 Å². The fraction of sp³-hybridized carbons (Fsp3) is 0.429. The molecule has 1 N–H and O–H groups in total. The second kappa shape index (κ2) is 5.23. The molecule has 0 unspecified atom stereocenters. The first-order valence-corrected chi connectivity index (χ1v) is 8.38. The first-order valence-electron chi connectivity index (χ1n) is 6.94. The molecule has 2 heterocycles. The predicted molar refractivity (Wildman–Crippen MR) is 78.2 cm³/mol. The first-order chi connectivity index (χ1) is 10.00. The van der Waals surface area contributed by atoms with Gasteiger partial charge in [-0.1, -0.05) is 17.7 Å². The molecule has 0 radical (unpaired) electrons. The zero-order chi connectivity index (χ0) is 15.0. The molecule has 0 spiro atoms. The number of rotatable bonds is 3. The first kappa shape index (κ1) is 14.2. The molecule has 2 aromatic rings. The molecule has 0 amide bonds. The molecule has 21 heavy (non-hydrogen) atoms. The molecule has 0 aliphatic carbocycles. The van der Waals surface area contributed by atoms with Crippen LogP contribution < -0.4 is 0 Å². The van der Waals surface area contributed by atoms with E-state index in [1.165, 1.54) is 10.6 Å². The third-order valence-corrected chi connectivity index (χ3v) is 5.94. The quantitative estimate of drug-likeness (QED) is 0.940. The van der Waals surface area contributed by atoms with Crippen molar-refractivity contribution in [1.29, 1.82) is 0 Å². The highest BCUT2D eigenvalue weighted by molar-refractivity contribution is 7.89. The van der Waals surface area contributed by atoms with Crippen molar-refractivity contribution in [3.63, 3.8) is 0 Å². The average molecular weight is 306 g/mol. The van der Waals surface area contributed by atoms with Gasteiger partial charge in [-0.05, 0) is 38.3 Å². The van der Waals surface area contributed by atoms with Crippen molar-refractivity contribution in [1.82, 2.24) is 19.5 Å². The maximum Gasteiger partial charge on any atom is 0.244 e. The smallest absolute Gasteiger partial charge is 0.244 e. The summed E-state index contributed by atoms with van der Waals surface area (Å²) in [5.41, 5.74) is 1.83. The van der Waals surface area contributed by atoms with E-state index in [2.05, 4.69) is 15.2 Å². The van der Waals surface area contributed by atoms with Crippen molar-refractivity contribution in [3.05, 3.63) is 41.5 Å². The van der Waals surface area contributed by atoms with E-state index in [0.29, 0.717) is 17.3 Å². The number of aromatic amines is 1. The van der Waals surface area contributed by atoms with Gasteiger partial charge in [0.2, 0.25) is 10.0 Å². The number of sulfonamides is 1. The van der Waals surface area contributed by atoms with E-state index >= 15 is 0 Å². The number of aryl methyl sites for hydroxylation is 2. The summed E-state index contributed by atoms with van der Waals surface area (Å²) in [6.07, 6.45) is 3.00. The van der Waals surface area contributed by atoms with Gasteiger partial charge >= 0.3 is 0 Å². The highest BCUT2D eigenvalue weighted by atomic mass is 32.2. The van der Waals surface area contributed by atoms with E-state index in [4.69, 9.17) is 0 Å². The monoisotopic (exact) mass is 306 g/mol. The molecule has 112 valence electrons. The number of hydrogen-bond donors (Lipinski definition) is 1. The minimum atomic E-state index is -3.52. The number of aromatic nitrogens is 3. The zero-order valence-corrected chi connectivity index (χ0v) is 12.9. The Labute approximate surface area is 124 Å². The fourth-order valence-electron chi connectivity index (χ4n) is 2.89. The lowest BCUT2D eigenvalue weighted by Crippen LogP contribution is -2.31. The normalized spacial score (nSPS) is 20.0. The van der Waals surface area contributed by atoms with Crippen LogP contribution in [0.2, 0.25) is 0 Å². The summed E-state index contributed by atoms with van der Waals surface area (Å²) in [4.78, 5) is 4.49. The Hall–Kier alpha value is -1.73. The molecule has 7 heteroatoms. The average Bonchev–Trinajstić information content (AvgIpc) is 3.09.